The number of aliphatic hydroxyl groups excluding tert-OH is 1. The molecule has 0 bridgehead atoms. The van der Waals surface area contributed by atoms with Gasteiger partial charge in [0, 0.05) is 24.3 Å². The lowest BCUT2D eigenvalue weighted by atomic mass is 10.2. The number of carbonyl (C=O) groups excluding carboxylic acids is 1. The number of carbonyl (C=O) groups is 1. The summed E-state index contributed by atoms with van der Waals surface area (Å²) in [6.07, 6.45) is 1.62. The highest BCUT2D eigenvalue weighted by molar-refractivity contribution is 5.89. The Morgan fingerprint density at radius 1 is 1.24 bits per heavy atom. The molecule has 2 N–H and O–H groups in total. The second-order valence-electron chi connectivity index (χ2n) is 5.45. The lowest BCUT2D eigenvalue weighted by molar-refractivity contribution is 0.195. The molecule has 6 nitrogen and oxygen atoms in total. The van der Waals surface area contributed by atoms with E-state index in [1.807, 2.05) is 36.4 Å². The van der Waals surface area contributed by atoms with Crippen LogP contribution in [0.1, 0.15) is 0 Å². The van der Waals surface area contributed by atoms with E-state index in [9.17, 15) is 4.79 Å². The molecule has 0 saturated carbocycles. The van der Waals surface area contributed by atoms with Crippen molar-refractivity contribution in [1.29, 1.82) is 0 Å². The Morgan fingerprint density at radius 2 is 2.00 bits per heavy atom. The number of nitrogens with zero attached hydrogens (tertiary/aromatic N) is 2. The molecule has 0 unspecified atom stereocenters. The second-order valence-corrected chi connectivity index (χ2v) is 5.45. The second kappa shape index (κ2) is 7.63. The number of amides is 2. The van der Waals surface area contributed by atoms with Gasteiger partial charge in [0.05, 0.1) is 6.61 Å². The number of urea groups is 1. The molecule has 0 aliphatic rings. The molecular weight excluding hydrogens is 318 g/mol. The number of benzene rings is 2. The molecule has 0 saturated heterocycles. The van der Waals surface area contributed by atoms with Gasteiger partial charge < -0.3 is 19.7 Å². The van der Waals surface area contributed by atoms with Crippen molar-refractivity contribution >= 4 is 22.8 Å². The zero-order valence-corrected chi connectivity index (χ0v) is 13.7. The van der Waals surface area contributed by atoms with Gasteiger partial charge >= 0.3 is 6.03 Å². The Morgan fingerprint density at radius 3 is 2.68 bits per heavy atom. The van der Waals surface area contributed by atoms with Gasteiger partial charge in [-0.3, -0.25) is 0 Å². The molecule has 2 amide bonds. The van der Waals surface area contributed by atoms with Gasteiger partial charge in [0.15, 0.2) is 5.58 Å². The largest absolute Gasteiger partial charge is 0.436 e. The summed E-state index contributed by atoms with van der Waals surface area (Å²) < 4.78 is 5.73. The number of aliphatic hydroxyl groups is 1. The number of oxazole rings is 1. The highest BCUT2D eigenvalue weighted by atomic mass is 16.3. The zero-order chi connectivity index (χ0) is 17.6. The lowest BCUT2D eigenvalue weighted by Gasteiger charge is -2.20. The summed E-state index contributed by atoms with van der Waals surface area (Å²) in [5.74, 6) is 0.535. The van der Waals surface area contributed by atoms with Gasteiger partial charge in [-0.1, -0.05) is 18.2 Å². The molecule has 0 aliphatic carbocycles. The number of hydrogen-bond donors (Lipinski definition) is 2. The van der Waals surface area contributed by atoms with Crippen molar-refractivity contribution in [2.75, 3.05) is 25.0 Å². The predicted molar refractivity (Wildman–Crippen MR) is 97.3 cm³/mol. The zero-order valence-electron chi connectivity index (χ0n) is 13.7. The van der Waals surface area contributed by atoms with Crippen LogP contribution in [0.5, 0.6) is 0 Å². The van der Waals surface area contributed by atoms with Crippen LogP contribution in [0, 0.1) is 0 Å². The fourth-order valence-corrected chi connectivity index (χ4v) is 2.45. The molecule has 1 aromatic heterocycles. The first kappa shape index (κ1) is 16.7. The monoisotopic (exact) mass is 337 g/mol. The van der Waals surface area contributed by atoms with Crippen LogP contribution in [0.3, 0.4) is 0 Å². The van der Waals surface area contributed by atoms with E-state index in [0.717, 1.165) is 16.7 Å². The van der Waals surface area contributed by atoms with Gasteiger partial charge in [-0.2, -0.15) is 0 Å². The first-order chi connectivity index (χ1) is 12.2. The molecule has 0 atom stereocenters. The van der Waals surface area contributed by atoms with Crippen LogP contribution in [0.2, 0.25) is 0 Å². The Hall–Kier alpha value is -3.12. The van der Waals surface area contributed by atoms with Crippen LogP contribution < -0.4 is 5.32 Å². The predicted octanol–water partition coefficient (Wildman–Crippen LogP) is 3.51. The number of anilines is 1. The van der Waals surface area contributed by atoms with Gasteiger partial charge in [-0.25, -0.2) is 9.78 Å². The Kier molecular flexibility index (Phi) is 5.11. The van der Waals surface area contributed by atoms with Crippen molar-refractivity contribution in [1.82, 2.24) is 9.88 Å². The van der Waals surface area contributed by atoms with Gasteiger partial charge in [-0.05, 0) is 36.4 Å². The van der Waals surface area contributed by atoms with E-state index in [1.165, 1.54) is 4.90 Å². The minimum Gasteiger partial charge on any atom is -0.436 e. The summed E-state index contributed by atoms with van der Waals surface area (Å²) >= 11 is 0. The number of para-hydroxylation sites is 2. The molecule has 0 fully saturated rings. The van der Waals surface area contributed by atoms with Crippen molar-refractivity contribution < 1.29 is 14.3 Å². The standard InChI is InChI=1S/C19H19N3O3/c1-2-11-22(12-13-23)19(24)20-15-9-7-14(8-10-15)18-21-16-5-3-4-6-17(16)25-18/h2-10,23H,1,11-13H2,(H,20,24). The fourth-order valence-electron chi connectivity index (χ4n) is 2.45. The Labute approximate surface area is 145 Å². The van der Waals surface area contributed by atoms with E-state index < -0.39 is 0 Å². The third-order valence-corrected chi connectivity index (χ3v) is 3.68. The van der Waals surface area contributed by atoms with Crippen LogP contribution in [0.15, 0.2) is 65.6 Å². The van der Waals surface area contributed by atoms with Crippen LogP contribution in [0.25, 0.3) is 22.6 Å². The van der Waals surface area contributed by atoms with E-state index in [1.54, 1.807) is 18.2 Å². The van der Waals surface area contributed by atoms with Crippen LogP contribution >= 0.6 is 0 Å². The first-order valence-corrected chi connectivity index (χ1v) is 7.95. The van der Waals surface area contributed by atoms with Crippen molar-refractivity contribution in [3.63, 3.8) is 0 Å². The van der Waals surface area contributed by atoms with E-state index in [0.29, 0.717) is 18.1 Å². The summed E-state index contributed by atoms with van der Waals surface area (Å²) in [5, 5.41) is 11.8. The maximum Gasteiger partial charge on any atom is 0.322 e. The van der Waals surface area contributed by atoms with Crippen LogP contribution in [-0.4, -0.2) is 40.7 Å². The summed E-state index contributed by atoms with van der Waals surface area (Å²) in [6, 6.07) is 14.5. The molecule has 3 rings (SSSR count). The van der Waals surface area contributed by atoms with Crippen molar-refractivity contribution in [3.05, 3.63) is 61.2 Å². The topological polar surface area (TPSA) is 78.6 Å². The smallest absolute Gasteiger partial charge is 0.322 e. The SMILES string of the molecule is C=CCN(CCO)C(=O)Nc1ccc(-c2nc3ccccc3o2)cc1. The van der Waals surface area contributed by atoms with Gasteiger partial charge in [-0.15, -0.1) is 6.58 Å². The fraction of sp³-hybridized carbons (Fsp3) is 0.158. The summed E-state index contributed by atoms with van der Waals surface area (Å²) in [6.45, 7) is 4.13. The van der Waals surface area contributed by atoms with E-state index >= 15 is 0 Å². The van der Waals surface area contributed by atoms with Crippen molar-refractivity contribution in [3.8, 4) is 11.5 Å². The van der Waals surface area contributed by atoms with Crippen LogP contribution in [-0.2, 0) is 0 Å². The van der Waals surface area contributed by atoms with E-state index in [4.69, 9.17) is 9.52 Å². The van der Waals surface area contributed by atoms with Crippen molar-refractivity contribution in [2.45, 2.75) is 0 Å². The quantitative estimate of drug-likeness (QED) is 0.675. The molecule has 128 valence electrons. The molecule has 0 spiro atoms. The minimum atomic E-state index is -0.288. The molecule has 0 radical (unpaired) electrons. The third-order valence-electron chi connectivity index (χ3n) is 3.68. The molecule has 3 aromatic rings. The number of fused-ring (bicyclic) bond motifs is 1. The highest BCUT2D eigenvalue weighted by Crippen LogP contribution is 2.25. The van der Waals surface area contributed by atoms with Crippen LogP contribution in [0.4, 0.5) is 10.5 Å². The van der Waals surface area contributed by atoms with Gasteiger partial charge in [0.2, 0.25) is 5.89 Å². The number of nitrogens with one attached hydrogen (secondary N) is 1. The Bertz CT molecular complexity index is 838. The molecule has 25 heavy (non-hydrogen) atoms. The molecule has 6 heteroatoms. The average Bonchev–Trinajstić information content (AvgIpc) is 3.06. The summed E-state index contributed by atoms with van der Waals surface area (Å²) in [4.78, 5) is 18.1. The van der Waals surface area contributed by atoms with E-state index in [-0.39, 0.29) is 19.2 Å². The molecule has 0 aliphatic heterocycles. The normalized spacial score (nSPS) is 10.6. The first-order valence-electron chi connectivity index (χ1n) is 7.95. The molecule has 2 aromatic carbocycles. The summed E-state index contributed by atoms with van der Waals surface area (Å²) in [7, 11) is 0. The maximum absolute atomic E-state index is 12.2. The highest BCUT2D eigenvalue weighted by Gasteiger charge is 2.12. The number of aromatic nitrogens is 1. The minimum absolute atomic E-state index is 0.0993. The number of rotatable bonds is 6. The summed E-state index contributed by atoms with van der Waals surface area (Å²) in [5.41, 5.74) is 3.02. The molecular formula is C19H19N3O3. The van der Waals surface area contributed by atoms with Gasteiger partial charge in [0.25, 0.3) is 0 Å². The third kappa shape index (κ3) is 3.87. The maximum atomic E-state index is 12.2. The average molecular weight is 337 g/mol. The van der Waals surface area contributed by atoms with E-state index in [2.05, 4.69) is 16.9 Å². The Balaban J connectivity index is 1.73. The molecule has 1 heterocycles. The number of hydrogen-bond acceptors (Lipinski definition) is 4. The lowest BCUT2D eigenvalue weighted by Crippen LogP contribution is -2.37. The van der Waals surface area contributed by atoms with Crippen molar-refractivity contribution in [2.24, 2.45) is 0 Å². The van der Waals surface area contributed by atoms with Gasteiger partial charge in [0.1, 0.15) is 5.52 Å².